The van der Waals surface area contributed by atoms with E-state index >= 15 is 0 Å². The third-order valence-electron chi connectivity index (χ3n) is 1.06. The van der Waals surface area contributed by atoms with Crippen molar-refractivity contribution in [2.75, 3.05) is 0 Å². The predicted octanol–water partition coefficient (Wildman–Crippen LogP) is -0.390. The number of hydrogen-bond donors (Lipinski definition) is 0. The van der Waals surface area contributed by atoms with Crippen molar-refractivity contribution < 1.29 is 17.0 Å². The summed E-state index contributed by atoms with van der Waals surface area (Å²) in [7, 11) is 0. The van der Waals surface area contributed by atoms with Crippen LogP contribution < -0.4 is 17.0 Å². The quantitative estimate of drug-likeness (QED) is 0.394. The largest absolute Gasteiger partial charge is 2.00 e. The van der Waals surface area contributed by atoms with Crippen molar-refractivity contribution in [3.8, 4) is 0 Å². The summed E-state index contributed by atoms with van der Waals surface area (Å²) in [5.74, 6) is 0. The molecule has 0 saturated carbocycles. The van der Waals surface area contributed by atoms with Gasteiger partial charge >= 0.3 is 23.1 Å². The molecular weight excluding hydrogens is 244 g/mol. The molecule has 0 spiro atoms. The summed E-state index contributed by atoms with van der Waals surface area (Å²) in [6.07, 6.45) is 0. The number of hydrogen-bond acceptors (Lipinski definition) is 1. The van der Waals surface area contributed by atoms with E-state index in [0.717, 1.165) is 0 Å². The van der Waals surface area contributed by atoms with E-state index in [1.54, 1.807) is 0 Å². The minimum atomic E-state index is 0. The van der Waals surface area contributed by atoms with Crippen LogP contribution in [0.15, 0.2) is 29.2 Å². The maximum absolute atomic E-state index is 2.99. The number of benzene rings is 1. The third kappa shape index (κ3) is 6.35. The fourth-order valence-corrected chi connectivity index (χ4v) is 1.56. The molecule has 0 aromatic heterocycles. The van der Waals surface area contributed by atoms with Crippen molar-refractivity contribution in [2.24, 2.45) is 0 Å². The standard InChI is InChI=1S/C9H11S.BrH.Mg/c1-8(2)10-9-6-4-3-5-7-9;;/h4-8H,1-2H3;1H;/q-1;;+2/p-1. The smallest absolute Gasteiger partial charge is 1.00 e. The number of halogens is 1. The average molecular weight is 255 g/mol. The molecule has 0 aliphatic heterocycles. The van der Waals surface area contributed by atoms with Gasteiger partial charge in [-0.15, -0.1) is 16.7 Å². The van der Waals surface area contributed by atoms with Crippen molar-refractivity contribution >= 4 is 34.8 Å². The van der Waals surface area contributed by atoms with Crippen LogP contribution in [-0.4, -0.2) is 28.3 Å². The molecule has 0 amide bonds. The molecule has 0 fully saturated rings. The van der Waals surface area contributed by atoms with Crippen LogP contribution >= 0.6 is 11.8 Å². The molecule has 0 N–H and O–H groups in total. The molecule has 0 heterocycles. The van der Waals surface area contributed by atoms with Gasteiger partial charge in [0.15, 0.2) is 0 Å². The Morgan fingerprint density at radius 1 is 1.25 bits per heavy atom. The van der Waals surface area contributed by atoms with Crippen molar-refractivity contribution in [2.45, 2.75) is 24.0 Å². The Morgan fingerprint density at radius 3 is 2.17 bits per heavy atom. The topological polar surface area (TPSA) is 0 Å². The molecule has 0 unspecified atom stereocenters. The summed E-state index contributed by atoms with van der Waals surface area (Å²) in [6, 6.07) is 11.1. The Hall–Kier alpha value is 0.816. The second-order valence-corrected chi connectivity index (χ2v) is 4.05. The van der Waals surface area contributed by atoms with Gasteiger partial charge in [-0.1, -0.05) is 13.8 Å². The molecule has 1 rings (SSSR count). The van der Waals surface area contributed by atoms with E-state index in [1.165, 1.54) is 4.90 Å². The van der Waals surface area contributed by atoms with E-state index in [1.807, 2.05) is 23.9 Å². The van der Waals surface area contributed by atoms with Crippen LogP contribution in [0.5, 0.6) is 0 Å². The van der Waals surface area contributed by atoms with Gasteiger partial charge in [0.25, 0.3) is 0 Å². The number of rotatable bonds is 2. The van der Waals surface area contributed by atoms with Crippen LogP contribution in [0.25, 0.3) is 0 Å². The van der Waals surface area contributed by atoms with E-state index in [9.17, 15) is 0 Å². The van der Waals surface area contributed by atoms with E-state index in [4.69, 9.17) is 0 Å². The molecule has 0 nitrogen and oxygen atoms in total. The summed E-state index contributed by atoms with van der Waals surface area (Å²) < 4.78 is 0. The van der Waals surface area contributed by atoms with Crippen LogP contribution in [0.3, 0.4) is 0 Å². The van der Waals surface area contributed by atoms with Crippen molar-refractivity contribution in [1.29, 1.82) is 0 Å². The SMILES string of the molecule is CC(C)Sc1cc[c-]cc1.[Br-].[Mg+2]. The zero-order valence-corrected chi connectivity index (χ0v) is 11.2. The molecule has 0 atom stereocenters. The van der Waals surface area contributed by atoms with Crippen molar-refractivity contribution in [3.63, 3.8) is 0 Å². The minimum absolute atomic E-state index is 0. The summed E-state index contributed by atoms with van der Waals surface area (Å²) in [4.78, 5) is 1.33. The first-order chi connectivity index (χ1) is 4.79. The Kier molecular flexibility index (Phi) is 10.7. The summed E-state index contributed by atoms with van der Waals surface area (Å²) in [5, 5.41) is 0.669. The molecule has 1 aromatic rings. The molecule has 0 bridgehead atoms. The van der Waals surface area contributed by atoms with Gasteiger partial charge in [0, 0.05) is 5.25 Å². The summed E-state index contributed by atoms with van der Waals surface area (Å²) in [5.41, 5.74) is 0. The van der Waals surface area contributed by atoms with Crippen molar-refractivity contribution in [1.82, 2.24) is 0 Å². The second-order valence-electron chi connectivity index (χ2n) is 2.40. The zero-order valence-electron chi connectivity index (χ0n) is 7.38. The normalized spacial score (nSPS) is 8.58. The fraction of sp³-hybridized carbons (Fsp3) is 0.333. The monoisotopic (exact) mass is 254 g/mol. The maximum Gasteiger partial charge on any atom is 2.00 e. The molecule has 0 radical (unpaired) electrons. The summed E-state index contributed by atoms with van der Waals surface area (Å²) >= 11 is 1.88. The van der Waals surface area contributed by atoms with Gasteiger partial charge in [0.1, 0.15) is 0 Å². The van der Waals surface area contributed by atoms with Crippen LogP contribution in [-0.2, 0) is 0 Å². The first-order valence-electron chi connectivity index (χ1n) is 3.42. The second kappa shape index (κ2) is 8.42. The van der Waals surface area contributed by atoms with E-state index in [-0.39, 0.29) is 40.0 Å². The Bertz CT molecular complexity index is 189. The Morgan fingerprint density at radius 2 is 1.75 bits per heavy atom. The average Bonchev–Trinajstić information content (AvgIpc) is 1.88. The molecule has 1 aromatic carbocycles. The molecular formula is C9H11BrMgS. The predicted molar refractivity (Wildman–Crippen MR) is 52.0 cm³/mol. The Labute approximate surface area is 105 Å². The molecule has 0 aliphatic rings. The molecule has 3 heteroatoms. The zero-order chi connectivity index (χ0) is 7.40. The maximum atomic E-state index is 2.99. The van der Waals surface area contributed by atoms with Gasteiger partial charge in [-0.2, -0.15) is 30.3 Å². The van der Waals surface area contributed by atoms with Crippen LogP contribution in [0, 0.1) is 6.07 Å². The van der Waals surface area contributed by atoms with Gasteiger partial charge in [-0.3, -0.25) is 0 Å². The Balaban J connectivity index is 0. The molecule has 12 heavy (non-hydrogen) atoms. The van der Waals surface area contributed by atoms with E-state index in [0.29, 0.717) is 5.25 Å². The first kappa shape index (κ1) is 15.3. The van der Waals surface area contributed by atoms with Gasteiger partial charge in [0.2, 0.25) is 0 Å². The van der Waals surface area contributed by atoms with Gasteiger partial charge < -0.3 is 17.0 Å². The van der Waals surface area contributed by atoms with Crippen LogP contribution in [0.4, 0.5) is 0 Å². The minimum Gasteiger partial charge on any atom is -1.00 e. The van der Waals surface area contributed by atoms with Crippen molar-refractivity contribution in [3.05, 3.63) is 30.3 Å². The van der Waals surface area contributed by atoms with Gasteiger partial charge in [-0.25, -0.2) is 0 Å². The summed E-state index contributed by atoms with van der Waals surface area (Å²) in [6.45, 7) is 4.39. The van der Waals surface area contributed by atoms with Crippen LogP contribution in [0.2, 0.25) is 0 Å². The molecule has 0 saturated heterocycles. The fourth-order valence-electron chi connectivity index (χ4n) is 0.722. The van der Waals surface area contributed by atoms with Crippen LogP contribution in [0.1, 0.15) is 13.8 Å². The molecule has 62 valence electrons. The first-order valence-corrected chi connectivity index (χ1v) is 4.30. The number of thioether (sulfide) groups is 1. The van der Waals surface area contributed by atoms with Gasteiger partial charge in [0.05, 0.1) is 0 Å². The van der Waals surface area contributed by atoms with E-state index < -0.39 is 0 Å². The third-order valence-corrected chi connectivity index (χ3v) is 2.08. The van der Waals surface area contributed by atoms with E-state index in [2.05, 4.69) is 32.0 Å². The van der Waals surface area contributed by atoms with Gasteiger partial charge in [-0.05, 0) is 0 Å². The molecule has 0 aliphatic carbocycles.